The van der Waals surface area contributed by atoms with Crippen LogP contribution in [0.4, 0.5) is 10.1 Å². The molecule has 0 fully saturated rings. The maximum Gasteiger partial charge on any atom is 0.295 e. The highest BCUT2D eigenvalue weighted by molar-refractivity contribution is 6.10. The summed E-state index contributed by atoms with van der Waals surface area (Å²) in [4.78, 5) is 28.5. The summed E-state index contributed by atoms with van der Waals surface area (Å²) < 4.78 is 25.0. The van der Waals surface area contributed by atoms with E-state index in [0.717, 1.165) is 23.6 Å². The van der Waals surface area contributed by atoms with Crippen molar-refractivity contribution in [2.75, 3.05) is 12.0 Å². The molecule has 0 saturated carbocycles. The SMILES string of the molecule is CCc1ccc(N2C(=O)c3oc4ccc(F)cc4c(=O)c3C2c2ccc(OC)cc2)cc1. The quantitative estimate of drug-likeness (QED) is 0.444. The molecule has 0 radical (unpaired) electrons. The Kier molecular flexibility index (Phi) is 4.78. The predicted octanol–water partition coefficient (Wildman–Crippen LogP) is 5.25. The van der Waals surface area contributed by atoms with E-state index in [4.69, 9.17) is 9.15 Å². The number of anilines is 1. The van der Waals surface area contributed by atoms with Crippen molar-refractivity contribution in [1.29, 1.82) is 0 Å². The van der Waals surface area contributed by atoms with Gasteiger partial charge in [0.1, 0.15) is 17.1 Å². The summed E-state index contributed by atoms with van der Waals surface area (Å²) in [6.45, 7) is 2.05. The van der Waals surface area contributed by atoms with Gasteiger partial charge in [0.2, 0.25) is 5.76 Å². The van der Waals surface area contributed by atoms with E-state index >= 15 is 0 Å². The fourth-order valence-electron chi connectivity index (χ4n) is 4.21. The van der Waals surface area contributed by atoms with Crippen molar-refractivity contribution >= 4 is 22.6 Å². The molecule has 6 heteroatoms. The van der Waals surface area contributed by atoms with Crippen molar-refractivity contribution in [3.63, 3.8) is 0 Å². The van der Waals surface area contributed by atoms with Crippen molar-refractivity contribution in [2.45, 2.75) is 19.4 Å². The second kappa shape index (κ2) is 7.64. The van der Waals surface area contributed by atoms with Gasteiger partial charge < -0.3 is 9.15 Å². The highest BCUT2D eigenvalue weighted by Gasteiger charge is 2.43. The smallest absolute Gasteiger partial charge is 0.295 e. The van der Waals surface area contributed by atoms with Crippen LogP contribution in [0.1, 0.15) is 40.2 Å². The Morgan fingerprint density at radius 1 is 1.00 bits per heavy atom. The number of methoxy groups -OCH3 is 1. The van der Waals surface area contributed by atoms with Crippen LogP contribution in [-0.4, -0.2) is 13.0 Å². The van der Waals surface area contributed by atoms with Gasteiger partial charge >= 0.3 is 0 Å². The topological polar surface area (TPSA) is 59.8 Å². The van der Waals surface area contributed by atoms with Crippen LogP contribution in [0.25, 0.3) is 11.0 Å². The molecule has 1 aliphatic rings. The second-order valence-electron chi connectivity index (χ2n) is 7.69. The molecule has 1 aromatic heterocycles. The van der Waals surface area contributed by atoms with Gasteiger partial charge in [-0.3, -0.25) is 14.5 Å². The lowest BCUT2D eigenvalue weighted by atomic mass is 9.98. The molecule has 2 heterocycles. The maximum absolute atomic E-state index is 13.9. The van der Waals surface area contributed by atoms with E-state index < -0.39 is 23.2 Å². The number of benzene rings is 3. The highest BCUT2D eigenvalue weighted by Crippen LogP contribution is 2.41. The Balaban J connectivity index is 1.77. The van der Waals surface area contributed by atoms with Crippen LogP contribution in [0, 0.1) is 5.82 Å². The van der Waals surface area contributed by atoms with Crippen LogP contribution in [0.2, 0.25) is 0 Å². The van der Waals surface area contributed by atoms with Gasteiger partial charge in [0.05, 0.1) is 24.1 Å². The van der Waals surface area contributed by atoms with Crippen LogP contribution < -0.4 is 15.1 Å². The minimum atomic E-state index is -0.709. The number of nitrogens with zero attached hydrogens (tertiary/aromatic N) is 1. The van der Waals surface area contributed by atoms with Crippen LogP contribution >= 0.6 is 0 Å². The van der Waals surface area contributed by atoms with E-state index in [0.29, 0.717) is 11.4 Å². The third-order valence-electron chi connectivity index (χ3n) is 5.89. The highest BCUT2D eigenvalue weighted by atomic mass is 19.1. The number of carbonyl (C=O) groups excluding carboxylic acids is 1. The molecule has 1 unspecified atom stereocenters. The van der Waals surface area contributed by atoms with E-state index in [-0.39, 0.29) is 22.3 Å². The van der Waals surface area contributed by atoms with Gasteiger partial charge in [-0.1, -0.05) is 31.2 Å². The van der Waals surface area contributed by atoms with E-state index in [2.05, 4.69) is 6.92 Å². The molecule has 0 N–H and O–H groups in total. The van der Waals surface area contributed by atoms with Crippen LogP contribution in [0.15, 0.2) is 75.9 Å². The molecule has 1 aliphatic heterocycles. The molecule has 0 spiro atoms. The number of ether oxygens (including phenoxy) is 1. The lowest BCUT2D eigenvalue weighted by Gasteiger charge is -2.25. The number of halogens is 1. The zero-order valence-corrected chi connectivity index (χ0v) is 17.6. The summed E-state index contributed by atoms with van der Waals surface area (Å²) in [5, 5.41) is 0.109. The van der Waals surface area contributed by atoms with Crippen LogP contribution in [0.5, 0.6) is 5.75 Å². The minimum Gasteiger partial charge on any atom is -0.497 e. The second-order valence-corrected chi connectivity index (χ2v) is 7.69. The molecule has 3 aromatic carbocycles. The average Bonchev–Trinajstić information content (AvgIpc) is 3.12. The molecule has 0 saturated heterocycles. The van der Waals surface area contributed by atoms with Gasteiger partial charge in [-0.15, -0.1) is 0 Å². The summed E-state index contributed by atoms with van der Waals surface area (Å²) in [5.74, 6) is -0.310. The summed E-state index contributed by atoms with van der Waals surface area (Å²) in [6, 6.07) is 17.8. The van der Waals surface area contributed by atoms with Crippen molar-refractivity contribution in [3.05, 3.63) is 105 Å². The number of fused-ring (bicyclic) bond motifs is 2. The fourth-order valence-corrected chi connectivity index (χ4v) is 4.21. The Morgan fingerprint density at radius 2 is 1.72 bits per heavy atom. The molecule has 5 rings (SSSR count). The van der Waals surface area contributed by atoms with Gasteiger partial charge in [-0.25, -0.2) is 4.39 Å². The Morgan fingerprint density at radius 3 is 2.38 bits per heavy atom. The van der Waals surface area contributed by atoms with Crippen molar-refractivity contribution < 1.29 is 18.3 Å². The van der Waals surface area contributed by atoms with Crippen LogP contribution in [0.3, 0.4) is 0 Å². The first-order valence-electron chi connectivity index (χ1n) is 10.3. The maximum atomic E-state index is 13.9. The molecular formula is C26H20FNO4. The number of aryl methyl sites for hydroxylation is 1. The van der Waals surface area contributed by atoms with Gasteiger partial charge in [0.25, 0.3) is 5.91 Å². The van der Waals surface area contributed by atoms with E-state index in [1.807, 2.05) is 36.4 Å². The Labute approximate surface area is 183 Å². The summed E-state index contributed by atoms with van der Waals surface area (Å²) in [6.07, 6.45) is 0.868. The lowest BCUT2D eigenvalue weighted by Crippen LogP contribution is -2.29. The minimum absolute atomic E-state index is 0.0190. The van der Waals surface area contributed by atoms with Gasteiger partial charge in [0, 0.05) is 5.69 Å². The van der Waals surface area contributed by atoms with Crippen LogP contribution in [-0.2, 0) is 6.42 Å². The zero-order valence-electron chi connectivity index (χ0n) is 17.6. The molecule has 1 atom stereocenters. The van der Waals surface area contributed by atoms with Gasteiger partial charge in [-0.2, -0.15) is 0 Å². The molecule has 0 aliphatic carbocycles. The largest absolute Gasteiger partial charge is 0.497 e. The summed E-state index contributed by atoms with van der Waals surface area (Å²) >= 11 is 0. The Bertz CT molecular complexity index is 1390. The number of hydrogen-bond acceptors (Lipinski definition) is 4. The first-order valence-corrected chi connectivity index (χ1v) is 10.3. The standard InChI is InChI=1S/C26H20FNO4/c1-3-15-4-9-18(10-5-15)28-23(16-6-11-19(31-2)12-7-16)22-24(29)20-14-17(27)8-13-21(20)32-25(22)26(28)30/h4-14,23H,3H2,1-2H3. The first kappa shape index (κ1) is 20.0. The Hall–Kier alpha value is -3.93. The van der Waals surface area contributed by atoms with E-state index in [1.54, 1.807) is 24.1 Å². The first-order chi connectivity index (χ1) is 15.5. The molecule has 160 valence electrons. The van der Waals surface area contributed by atoms with Gasteiger partial charge in [-0.05, 0) is 60.0 Å². The number of hydrogen-bond donors (Lipinski definition) is 0. The molecule has 5 nitrogen and oxygen atoms in total. The lowest BCUT2D eigenvalue weighted by molar-refractivity contribution is 0.0971. The fraction of sp³-hybridized carbons (Fsp3) is 0.154. The van der Waals surface area contributed by atoms with E-state index in [9.17, 15) is 14.0 Å². The summed E-state index contributed by atoms with van der Waals surface area (Å²) in [7, 11) is 1.57. The third kappa shape index (κ3) is 3.07. The van der Waals surface area contributed by atoms with Crippen molar-refractivity contribution in [3.8, 4) is 5.75 Å². The molecule has 32 heavy (non-hydrogen) atoms. The summed E-state index contributed by atoms with van der Waals surface area (Å²) in [5.41, 5.74) is 2.48. The van der Waals surface area contributed by atoms with Crippen molar-refractivity contribution in [1.82, 2.24) is 0 Å². The zero-order chi connectivity index (χ0) is 22.4. The van der Waals surface area contributed by atoms with Crippen molar-refractivity contribution in [2.24, 2.45) is 0 Å². The number of amides is 1. The van der Waals surface area contributed by atoms with Gasteiger partial charge in [0.15, 0.2) is 5.43 Å². The third-order valence-corrected chi connectivity index (χ3v) is 5.89. The number of rotatable bonds is 4. The number of carbonyl (C=O) groups is 1. The molecule has 1 amide bonds. The van der Waals surface area contributed by atoms with E-state index in [1.165, 1.54) is 12.1 Å². The molecule has 4 aromatic rings. The molecular weight excluding hydrogens is 409 g/mol. The monoisotopic (exact) mass is 429 g/mol. The normalized spacial score (nSPS) is 15.3. The predicted molar refractivity (Wildman–Crippen MR) is 120 cm³/mol. The average molecular weight is 429 g/mol. The molecule has 0 bridgehead atoms.